The number of hydrogen-bond acceptors (Lipinski definition) is 5. The van der Waals surface area contributed by atoms with Gasteiger partial charge in [0.15, 0.2) is 15.0 Å². The first-order valence-electron chi connectivity index (χ1n) is 10.3. The van der Waals surface area contributed by atoms with Crippen LogP contribution in [0.1, 0.15) is 13.3 Å². The number of nitrogens with zero attached hydrogens (tertiary/aromatic N) is 3. The van der Waals surface area contributed by atoms with Crippen molar-refractivity contribution in [2.24, 2.45) is 0 Å². The van der Waals surface area contributed by atoms with Crippen LogP contribution in [0.4, 0.5) is 0 Å². The summed E-state index contributed by atoms with van der Waals surface area (Å²) >= 11 is 7.61. The molecular weight excluding hydrogens is 466 g/mol. The Labute approximate surface area is 197 Å². The molecule has 0 radical (unpaired) electrons. The van der Waals surface area contributed by atoms with Gasteiger partial charge in [0.2, 0.25) is 5.91 Å². The molecule has 9 heteroatoms. The molecule has 6 nitrogen and oxygen atoms in total. The number of aromatic nitrogens is 2. The lowest BCUT2D eigenvalue weighted by molar-refractivity contribution is -0.130. The van der Waals surface area contributed by atoms with Crippen LogP contribution < -0.4 is 0 Å². The second-order valence-electron chi connectivity index (χ2n) is 7.87. The van der Waals surface area contributed by atoms with Gasteiger partial charge in [0, 0.05) is 29.4 Å². The van der Waals surface area contributed by atoms with Crippen LogP contribution in [0.5, 0.6) is 0 Å². The van der Waals surface area contributed by atoms with Crippen molar-refractivity contribution >= 4 is 39.1 Å². The SMILES string of the molecule is C[C@@H](Sc1ncc(-c2ccccc2)n1-c1cccc(Cl)c1)C(=O)N(C)[C@@H]1CCS(=O)(=O)C1. The Morgan fingerprint density at radius 2 is 1.97 bits per heavy atom. The molecule has 2 atom stereocenters. The number of sulfone groups is 1. The molecule has 0 unspecified atom stereocenters. The van der Waals surface area contributed by atoms with Crippen molar-refractivity contribution < 1.29 is 13.2 Å². The summed E-state index contributed by atoms with van der Waals surface area (Å²) < 4.78 is 25.7. The molecule has 1 aliphatic rings. The van der Waals surface area contributed by atoms with Gasteiger partial charge in [-0.25, -0.2) is 13.4 Å². The number of carbonyl (C=O) groups excluding carboxylic acids is 1. The van der Waals surface area contributed by atoms with Crippen LogP contribution in [0.15, 0.2) is 66.0 Å². The number of amides is 1. The Balaban J connectivity index is 1.63. The summed E-state index contributed by atoms with van der Waals surface area (Å²) in [5.74, 6) is 0.0530. The summed E-state index contributed by atoms with van der Waals surface area (Å²) in [6, 6.07) is 17.1. The van der Waals surface area contributed by atoms with E-state index in [1.54, 1.807) is 18.1 Å². The molecular formula is C23H24ClN3O3S2. The zero-order valence-corrected chi connectivity index (χ0v) is 20.2. The molecule has 2 heterocycles. The highest BCUT2D eigenvalue weighted by atomic mass is 35.5. The van der Waals surface area contributed by atoms with E-state index in [1.807, 2.05) is 66.1 Å². The number of imidazole rings is 1. The van der Waals surface area contributed by atoms with E-state index in [-0.39, 0.29) is 23.5 Å². The molecule has 3 aromatic rings. The summed E-state index contributed by atoms with van der Waals surface area (Å²) in [4.78, 5) is 19.3. The molecule has 0 N–H and O–H groups in total. The minimum Gasteiger partial charge on any atom is -0.341 e. The molecule has 1 amide bonds. The molecule has 0 saturated carbocycles. The Hall–Kier alpha value is -2.29. The zero-order valence-electron chi connectivity index (χ0n) is 17.8. The third-order valence-corrected chi connectivity index (χ3v) is 8.64. The number of benzene rings is 2. The fourth-order valence-electron chi connectivity index (χ4n) is 3.85. The normalized spacial score (nSPS) is 18.4. The van der Waals surface area contributed by atoms with Crippen LogP contribution in [0.2, 0.25) is 5.02 Å². The standard InChI is InChI=1S/C23H24ClN3O3S2/c1-16(22(28)26(2)20-11-12-32(29,30)15-20)31-23-25-14-21(17-7-4-3-5-8-17)27(23)19-10-6-9-18(24)13-19/h3-10,13-14,16,20H,11-12,15H2,1-2H3/t16-,20-/m1/s1. The lowest BCUT2D eigenvalue weighted by atomic mass is 10.1. The average Bonchev–Trinajstić information content (AvgIpc) is 3.36. The first-order valence-corrected chi connectivity index (χ1v) is 13.4. The van der Waals surface area contributed by atoms with Gasteiger partial charge in [0.25, 0.3) is 0 Å². The highest BCUT2D eigenvalue weighted by Crippen LogP contribution is 2.33. The van der Waals surface area contributed by atoms with Gasteiger partial charge >= 0.3 is 0 Å². The van der Waals surface area contributed by atoms with Gasteiger partial charge in [-0.2, -0.15) is 0 Å². The molecule has 32 heavy (non-hydrogen) atoms. The van der Waals surface area contributed by atoms with E-state index in [9.17, 15) is 13.2 Å². The predicted molar refractivity (Wildman–Crippen MR) is 129 cm³/mol. The van der Waals surface area contributed by atoms with Crippen LogP contribution in [0.25, 0.3) is 16.9 Å². The fourth-order valence-corrected chi connectivity index (χ4v) is 6.82. The average molecular weight is 490 g/mol. The molecule has 1 aliphatic heterocycles. The van der Waals surface area contributed by atoms with Crippen LogP contribution in [-0.4, -0.2) is 58.6 Å². The highest BCUT2D eigenvalue weighted by molar-refractivity contribution is 8.00. The third kappa shape index (κ3) is 4.87. The molecule has 1 fully saturated rings. The van der Waals surface area contributed by atoms with E-state index >= 15 is 0 Å². The molecule has 4 rings (SSSR count). The van der Waals surface area contributed by atoms with Crippen molar-refractivity contribution in [3.63, 3.8) is 0 Å². The Morgan fingerprint density at radius 3 is 2.62 bits per heavy atom. The van der Waals surface area contributed by atoms with Gasteiger partial charge in [0.1, 0.15) is 0 Å². The molecule has 0 spiro atoms. The van der Waals surface area contributed by atoms with Crippen LogP contribution in [-0.2, 0) is 14.6 Å². The van der Waals surface area contributed by atoms with E-state index in [0.717, 1.165) is 16.9 Å². The van der Waals surface area contributed by atoms with Crippen molar-refractivity contribution in [3.05, 3.63) is 65.8 Å². The first-order chi connectivity index (χ1) is 15.2. The van der Waals surface area contributed by atoms with Gasteiger partial charge in [-0.3, -0.25) is 9.36 Å². The lowest BCUT2D eigenvalue weighted by Crippen LogP contribution is -2.41. The van der Waals surface area contributed by atoms with E-state index in [2.05, 4.69) is 4.98 Å². The van der Waals surface area contributed by atoms with Crippen molar-refractivity contribution in [2.45, 2.75) is 29.8 Å². The quantitative estimate of drug-likeness (QED) is 0.482. The number of carbonyl (C=O) groups is 1. The zero-order chi connectivity index (χ0) is 22.9. The van der Waals surface area contributed by atoms with E-state index in [0.29, 0.717) is 16.6 Å². The number of hydrogen-bond donors (Lipinski definition) is 0. The second kappa shape index (κ2) is 9.29. The Morgan fingerprint density at radius 1 is 1.22 bits per heavy atom. The number of halogens is 1. The van der Waals surface area contributed by atoms with E-state index in [1.165, 1.54) is 11.8 Å². The summed E-state index contributed by atoms with van der Waals surface area (Å²) in [7, 11) is -1.38. The maximum absolute atomic E-state index is 13.1. The van der Waals surface area contributed by atoms with Gasteiger partial charge in [-0.1, -0.05) is 59.8 Å². The largest absolute Gasteiger partial charge is 0.341 e. The van der Waals surface area contributed by atoms with Gasteiger partial charge in [-0.05, 0) is 31.5 Å². The van der Waals surface area contributed by atoms with Gasteiger partial charge in [0.05, 0.1) is 28.6 Å². The molecule has 1 saturated heterocycles. The van der Waals surface area contributed by atoms with Gasteiger partial charge in [-0.15, -0.1) is 0 Å². The van der Waals surface area contributed by atoms with Crippen LogP contribution in [0.3, 0.4) is 0 Å². The number of thioether (sulfide) groups is 1. The van der Waals surface area contributed by atoms with Crippen molar-refractivity contribution in [3.8, 4) is 16.9 Å². The predicted octanol–water partition coefficient (Wildman–Crippen LogP) is 4.32. The molecule has 0 aliphatic carbocycles. The minimum absolute atomic E-state index is 0.0297. The van der Waals surface area contributed by atoms with Crippen molar-refractivity contribution in [2.75, 3.05) is 18.6 Å². The molecule has 0 bridgehead atoms. The summed E-state index contributed by atoms with van der Waals surface area (Å²) in [6.07, 6.45) is 2.28. The monoisotopic (exact) mass is 489 g/mol. The number of rotatable bonds is 6. The van der Waals surface area contributed by atoms with Crippen molar-refractivity contribution in [1.29, 1.82) is 0 Å². The maximum atomic E-state index is 13.1. The second-order valence-corrected chi connectivity index (χ2v) is 11.8. The lowest BCUT2D eigenvalue weighted by Gasteiger charge is -2.26. The van der Waals surface area contributed by atoms with Gasteiger partial charge < -0.3 is 4.90 Å². The fraction of sp³-hybridized carbons (Fsp3) is 0.304. The Bertz CT molecular complexity index is 1230. The molecule has 2 aromatic carbocycles. The van der Waals surface area contributed by atoms with E-state index < -0.39 is 15.1 Å². The summed E-state index contributed by atoms with van der Waals surface area (Å²) in [5, 5.41) is 0.837. The molecule has 168 valence electrons. The van der Waals surface area contributed by atoms with Crippen LogP contribution >= 0.6 is 23.4 Å². The highest BCUT2D eigenvalue weighted by Gasteiger charge is 2.34. The minimum atomic E-state index is -3.06. The topological polar surface area (TPSA) is 72.3 Å². The summed E-state index contributed by atoms with van der Waals surface area (Å²) in [5.41, 5.74) is 2.75. The molecule has 1 aromatic heterocycles. The third-order valence-electron chi connectivity index (χ3n) is 5.60. The maximum Gasteiger partial charge on any atom is 0.235 e. The van der Waals surface area contributed by atoms with E-state index in [4.69, 9.17) is 11.6 Å². The van der Waals surface area contributed by atoms with Crippen LogP contribution in [0, 0.1) is 0 Å². The first kappa shape index (κ1) is 22.9. The van der Waals surface area contributed by atoms with Crippen molar-refractivity contribution in [1.82, 2.24) is 14.5 Å². The smallest absolute Gasteiger partial charge is 0.235 e. The Kier molecular flexibility index (Phi) is 6.65. The summed E-state index contributed by atoms with van der Waals surface area (Å²) in [6.45, 7) is 1.83.